The zero-order valence-corrected chi connectivity index (χ0v) is 22.6. The van der Waals surface area contributed by atoms with Crippen molar-refractivity contribution in [1.82, 2.24) is 3.71 Å². The molecule has 4 rings (SSSR count). The Bertz CT molecular complexity index is 1470. The van der Waals surface area contributed by atoms with E-state index in [2.05, 4.69) is 0 Å². The maximum absolute atomic E-state index is 14.0. The van der Waals surface area contributed by atoms with E-state index in [9.17, 15) is 16.8 Å². The van der Waals surface area contributed by atoms with Gasteiger partial charge in [-0.25, -0.2) is 0 Å². The van der Waals surface area contributed by atoms with Crippen molar-refractivity contribution >= 4 is 45.2 Å². The van der Waals surface area contributed by atoms with E-state index >= 15 is 0 Å². The zero-order chi connectivity index (χ0) is 25.6. The fourth-order valence-electron chi connectivity index (χ4n) is 3.37. The summed E-state index contributed by atoms with van der Waals surface area (Å²) in [6.07, 6.45) is 0. The SMILES string of the molecule is COc1ccc(/C(=C\[Se]c2ccccc2)N(S(=O)(=O)c2ccccc2)S(=O)(=O)c2ccccc2)cc1. The normalized spacial score (nSPS) is 12.2. The molecule has 0 N–H and O–H groups in total. The van der Waals surface area contributed by atoms with Crippen molar-refractivity contribution in [3.8, 4) is 5.75 Å². The molecule has 0 saturated heterocycles. The molecular weight excluding hydrogens is 561 g/mol. The summed E-state index contributed by atoms with van der Waals surface area (Å²) in [6.45, 7) is 0. The molecule has 0 fully saturated rings. The number of sulfonamides is 2. The zero-order valence-electron chi connectivity index (χ0n) is 19.3. The van der Waals surface area contributed by atoms with E-state index in [4.69, 9.17) is 4.74 Å². The summed E-state index contributed by atoms with van der Waals surface area (Å²) < 4.78 is 62.7. The van der Waals surface area contributed by atoms with Crippen LogP contribution in [0.4, 0.5) is 0 Å². The van der Waals surface area contributed by atoms with Crippen molar-refractivity contribution in [2.45, 2.75) is 9.79 Å². The first-order chi connectivity index (χ1) is 17.3. The molecule has 4 aromatic carbocycles. The van der Waals surface area contributed by atoms with E-state index in [-0.39, 0.29) is 30.4 Å². The van der Waals surface area contributed by atoms with Gasteiger partial charge in [0.2, 0.25) is 0 Å². The minimum atomic E-state index is -4.52. The van der Waals surface area contributed by atoms with Crippen molar-refractivity contribution in [1.29, 1.82) is 0 Å². The van der Waals surface area contributed by atoms with Gasteiger partial charge in [-0.3, -0.25) is 0 Å². The van der Waals surface area contributed by atoms with Crippen LogP contribution in [0.25, 0.3) is 5.70 Å². The Balaban J connectivity index is 1.98. The van der Waals surface area contributed by atoms with Gasteiger partial charge in [0.15, 0.2) is 0 Å². The van der Waals surface area contributed by atoms with Gasteiger partial charge in [-0.1, -0.05) is 0 Å². The van der Waals surface area contributed by atoms with Gasteiger partial charge >= 0.3 is 219 Å². The summed E-state index contributed by atoms with van der Waals surface area (Å²) in [4.78, 5) is 1.43. The van der Waals surface area contributed by atoms with Gasteiger partial charge < -0.3 is 0 Å². The van der Waals surface area contributed by atoms with Crippen LogP contribution in [0.15, 0.2) is 130 Å². The predicted octanol–water partition coefficient (Wildman–Crippen LogP) is 4.10. The van der Waals surface area contributed by atoms with Gasteiger partial charge in [0.1, 0.15) is 0 Å². The number of hydrogen-bond acceptors (Lipinski definition) is 5. The van der Waals surface area contributed by atoms with E-state index in [0.29, 0.717) is 15.0 Å². The van der Waals surface area contributed by atoms with E-state index in [1.165, 1.54) is 31.4 Å². The quantitative estimate of drug-likeness (QED) is 0.277. The third kappa shape index (κ3) is 5.55. The molecule has 9 heteroatoms. The molecular formula is C27H23NO5S2Se. The van der Waals surface area contributed by atoms with Crippen LogP contribution in [0.2, 0.25) is 0 Å². The molecule has 0 saturated carbocycles. The predicted molar refractivity (Wildman–Crippen MR) is 142 cm³/mol. The summed E-state index contributed by atoms with van der Waals surface area (Å²) in [6, 6.07) is 31.3. The van der Waals surface area contributed by atoms with E-state index in [1.807, 2.05) is 30.3 Å². The number of methoxy groups -OCH3 is 1. The van der Waals surface area contributed by atoms with Crippen LogP contribution in [0, 0.1) is 0 Å². The molecule has 6 nitrogen and oxygen atoms in total. The summed E-state index contributed by atoms with van der Waals surface area (Å²) in [5, 5.41) is 0. The van der Waals surface area contributed by atoms with Crippen molar-refractivity contribution in [2.75, 3.05) is 7.11 Å². The molecule has 0 unspecified atom stereocenters. The van der Waals surface area contributed by atoms with Gasteiger partial charge in [0, 0.05) is 0 Å². The van der Waals surface area contributed by atoms with Crippen LogP contribution in [-0.4, -0.2) is 42.6 Å². The molecule has 0 spiro atoms. The third-order valence-corrected chi connectivity index (χ3v) is 11.2. The second-order valence-electron chi connectivity index (χ2n) is 7.50. The van der Waals surface area contributed by atoms with E-state index in [1.54, 1.807) is 65.6 Å². The van der Waals surface area contributed by atoms with Gasteiger partial charge in [0.25, 0.3) is 0 Å². The Morgan fingerprint density at radius 1 is 0.667 bits per heavy atom. The summed E-state index contributed by atoms with van der Waals surface area (Å²) in [5.41, 5.74) is 0.474. The summed E-state index contributed by atoms with van der Waals surface area (Å²) in [5.74, 6) is 0.565. The van der Waals surface area contributed by atoms with Crippen molar-refractivity contribution in [3.05, 3.63) is 126 Å². The average molecular weight is 585 g/mol. The van der Waals surface area contributed by atoms with Crippen molar-refractivity contribution in [3.63, 3.8) is 0 Å². The number of nitrogens with zero attached hydrogens (tertiary/aromatic N) is 1. The van der Waals surface area contributed by atoms with Crippen molar-refractivity contribution < 1.29 is 21.6 Å². The topological polar surface area (TPSA) is 80.8 Å². The van der Waals surface area contributed by atoms with Gasteiger partial charge in [0.05, 0.1) is 0 Å². The second-order valence-corrected chi connectivity index (χ2v) is 13.3. The summed E-state index contributed by atoms with van der Waals surface area (Å²) in [7, 11) is -7.51. The first-order valence-corrected chi connectivity index (χ1v) is 15.5. The number of benzene rings is 4. The third-order valence-electron chi connectivity index (χ3n) is 5.15. The number of ether oxygens (including phenoxy) is 1. The monoisotopic (exact) mass is 585 g/mol. The van der Waals surface area contributed by atoms with Crippen LogP contribution in [-0.2, 0) is 20.0 Å². The molecule has 0 aliphatic carbocycles. The molecule has 0 aliphatic rings. The molecule has 0 radical (unpaired) electrons. The Morgan fingerprint density at radius 2 is 1.11 bits per heavy atom. The first-order valence-electron chi connectivity index (χ1n) is 10.8. The molecule has 4 aromatic rings. The number of rotatable bonds is 9. The van der Waals surface area contributed by atoms with E-state index in [0.717, 1.165) is 4.46 Å². The minimum absolute atomic E-state index is 0.0502. The van der Waals surface area contributed by atoms with Gasteiger partial charge in [-0.05, 0) is 0 Å². The molecule has 0 atom stereocenters. The van der Waals surface area contributed by atoms with Gasteiger partial charge in [-0.2, -0.15) is 0 Å². The fraction of sp³-hybridized carbons (Fsp3) is 0.0370. The molecule has 0 bridgehead atoms. The van der Waals surface area contributed by atoms with Crippen LogP contribution in [0.5, 0.6) is 5.75 Å². The fourth-order valence-corrected chi connectivity index (χ4v) is 9.12. The first kappa shape index (κ1) is 25.7. The molecule has 0 aromatic heterocycles. The molecule has 0 aliphatic heterocycles. The van der Waals surface area contributed by atoms with Crippen LogP contribution in [0.1, 0.15) is 5.56 Å². The Kier molecular flexibility index (Phi) is 7.96. The number of hydrogen-bond donors (Lipinski definition) is 0. The maximum atomic E-state index is 14.0. The second kappa shape index (κ2) is 11.1. The molecule has 0 heterocycles. The molecule has 0 amide bonds. The molecule has 184 valence electrons. The van der Waals surface area contributed by atoms with Crippen LogP contribution in [0.3, 0.4) is 0 Å². The summed E-state index contributed by atoms with van der Waals surface area (Å²) >= 11 is -0.368. The van der Waals surface area contributed by atoms with Crippen LogP contribution < -0.4 is 9.20 Å². The standard InChI is InChI=1S/C27H23NO5S2Se/c1-33-23-19-17-22(18-20-23)27(21-36-26-15-9-4-10-16-26)28(34(29,30)24-11-5-2-6-12-24)35(31,32)25-13-7-3-8-14-25/h2-21H,1H3/b27-21+. The Morgan fingerprint density at radius 3 is 1.56 bits per heavy atom. The Labute approximate surface area is 218 Å². The average Bonchev–Trinajstić information content (AvgIpc) is 2.92. The van der Waals surface area contributed by atoms with Crippen LogP contribution >= 0.6 is 0 Å². The van der Waals surface area contributed by atoms with Crippen molar-refractivity contribution in [2.24, 2.45) is 0 Å². The molecule has 36 heavy (non-hydrogen) atoms. The van der Waals surface area contributed by atoms with Gasteiger partial charge in [-0.15, -0.1) is 0 Å². The Hall–Kier alpha value is -3.36. The van der Waals surface area contributed by atoms with E-state index < -0.39 is 20.0 Å².